The number of rotatable bonds is 5. The first-order chi connectivity index (χ1) is 5.37. The van der Waals surface area contributed by atoms with E-state index in [1.807, 2.05) is 0 Å². The van der Waals surface area contributed by atoms with E-state index in [4.69, 9.17) is 5.73 Å². The zero-order valence-corrected chi connectivity index (χ0v) is 9.15. The molecule has 0 amide bonds. The van der Waals surface area contributed by atoms with Crippen molar-refractivity contribution in [2.24, 2.45) is 5.73 Å². The monoisotopic (exact) mass is 172 g/mol. The van der Waals surface area contributed by atoms with Crippen LogP contribution in [-0.4, -0.2) is 17.6 Å². The lowest BCUT2D eigenvalue weighted by molar-refractivity contribution is 0.303. The van der Waals surface area contributed by atoms with Gasteiger partial charge in [-0.1, -0.05) is 6.92 Å². The van der Waals surface area contributed by atoms with Crippen LogP contribution in [0.4, 0.5) is 0 Å². The van der Waals surface area contributed by atoms with Crippen LogP contribution in [0.1, 0.15) is 47.5 Å². The summed E-state index contributed by atoms with van der Waals surface area (Å²) in [5.74, 6) is 0. The molecule has 0 aliphatic carbocycles. The number of nitrogens with two attached hydrogens (primary N) is 1. The predicted octanol–water partition coefficient (Wildman–Crippen LogP) is 1.89. The Labute approximate surface area is 76.9 Å². The maximum Gasteiger partial charge on any atom is 0.0142 e. The van der Waals surface area contributed by atoms with Crippen LogP contribution >= 0.6 is 0 Å². The largest absolute Gasteiger partial charge is 0.328 e. The van der Waals surface area contributed by atoms with E-state index in [-0.39, 0.29) is 11.6 Å². The van der Waals surface area contributed by atoms with Crippen molar-refractivity contribution in [1.29, 1.82) is 0 Å². The standard InChI is InChI=1S/C10H24N2/c1-6-9(3)12-10(4,5)7-8(2)11/h8-9,12H,6-7,11H2,1-5H3. The number of nitrogens with one attached hydrogen (secondary N) is 1. The first kappa shape index (κ1) is 11.9. The smallest absolute Gasteiger partial charge is 0.0142 e. The normalized spacial score (nSPS) is 17.5. The molecule has 2 unspecified atom stereocenters. The van der Waals surface area contributed by atoms with E-state index < -0.39 is 0 Å². The predicted molar refractivity (Wildman–Crippen MR) is 55.2 cm³/mol. The molecule has 0 aromatic rings. The van der Waals surface area contributed by atoms with Crippen molar-refractivity contribution in [3.8, 4) is 0 Å². The average molecular weight is 172 g/mol. The summed E-state index contributed by atoms with van der Waals surface area (Å²) in [5.41, 5.74) is 5.93. The van der Waals surface area contributed by atoms with Crippen LogP contribution in [0.25, 0.3) is 0 Å². The molecular formula is C10H24N2. The molecular weight excluding hydrogens is 148 g/mol. The van der Waals surface area contributed by atoms with Gasteiger partial charge in [0.1, 0.15) is 0 Å². The summed E-state index contributed by atoms with van der Waals surface area (Å²) in [5, 5.41) is 3.56. The second-order valence-corrected chi connectivity index (χ2v) is 4.52. The van der Waals surface area contributed by atoms with Crippen molar-refractivity contribution in [3.05, 3.63) is 0 Å². The molecule has 0 radical (unpaired) electrons. The Hall–Kier alpha value is -0.0800. The SMILES string of the molecule is CCC(C)NC(C)(C)CC(C)N. The number of hydrogen-bond donors (Lipinski definition) is 2. The third kappa shape index (κ3) is 5.56. The first-order valence-corrected chi connectivity index (χ1v) is 4.90. The van der Waals surface area contributed by atoms with Crippen LogP contribution in [0.5, 0.6) is 0 Å². The van der Waals surface area contributed by atoms with Crippen LogP contribution in [-0.2, 0) is 0 Å². The zero-order valence-electron chi connectivity index (χ0n) is 9.15. The fourth-order valence-corrected chi connectivity index (χ4v) is 1.63. The molecule has 0 aromatic heterocycles. The second-order valence-electron chi connectivity index (χ2n) is 4.52. The fraction of sp³-hybridized carbons (Fsp3) is 1.00. The van der Waals surface area contributed by atoms with Crippen molar-refractivity contribution in [1.82, 2.24) is 5.32 Å². The average Bonchev–Trinajstić information content (AvgIpc) is 1.83. The van der Waals surface area contributed by atoms with Gasteiger partial charge in [0, 0.05) is 17.6 Å². The highest BCUT2D eigenvalue weighted by Crippen LogP contribution is 2.11. The molecule has 0 aliphatic heterocycles. The maximum atomic E-state index is 5.76. The van der Waals surface area contributed by atoms with E-state index in [0.717, 1.165) is 6.42 Å². The van der Waals surface area contributed by atoms with E-state index in [2.05, 4.69) is 39.9 Å². The minimum absolute atomic E-state index is 0.170. The molecule has 2 nitrogen and oxygen atoms in total. The van der Waals surface area contributed by atoms with Crippen LogP contribution in [0.3, 0.4) is 0 Å². The van der Waals surface area contributed by atoms with Gasteiger partial charge in [-0.3, -0.25) is 0 Å². The lowest BCUT2D eigenvalue weighted by Gasteiger charge is -2.31. The van der Waals surface area contributed by atoms with Gasteiger partial charge in [0.2, 0.25) is 0 Å². The van der Waals surface area contributed by atoms with E-state index in [9.17, 15) is 0 Å². The van der Waals surface area contributed by atoms with Gasteiger partial charge in [0.25, 0.3) is 0 Å². The Kier molecular flexibility index (Phi) is 4.80. The molecule has 3 N–H and O–H groups in total. The molecule has 0 heterocycles. The second kappa shape index (κ2) is 4.83. The Bertz CT molecular complexity index is 119. The molecule has 12 heavy (non-hydrogen) atoms. The number of hydrogen-bond acceptors (Lipinski definition) is 2. The Morgan fingerprint density at radius 1 is 1.33 bits per heavy atom. The summed E-state index contributed by atoms with van der Waals surface area (Å²) in [6, 6.07) is 0.857. The van der Waals surface area contributed by atoms with E-state index in [1.54, 1.807) is 0 Å². The van der Waals surface area contributed by atoms with Crippen molar-refractivity contribution < 1.29 is 0 Å². The topological polar surface area (TPSA) is 38.0 Å². The van der Waals surface area contributed by atoms with Crippen molar-refractivity contribution in [2.75, 3.05) is 0 Å². The minimum Gasteiger partial charge on any atom is -0.328 e. The lowest BCUT2D eigenvalue weighted by Crippen LogP contribution is -2.47. The van der Waals surface area contributed by atoms with Gasteiger partial charge < -0.3 is 11.1 Å². The van der Waals surface area contributed by atoms with Crippen molar-refractivity contribution in [2.45, 2.75) is 65.1 Å². The summed E-state index contributed by atoms with van der Waals surface area (Å²) in [7, 11) is 0. The molecule has 0 aromatic carbocycles. The lowest BCUT2D eigenvalue weighted by atomic mass is 9.95. The van der Waals surface area contributed by atoms with E-state index in [0.29, 0.717) is 6.04 Å². The van der Waals surface area contributed by atoms with Crippen LogP contribution in [0, 0.1) is 0 Å². The summed E-state index contributed by atoms with van der Waals surface area (Å²) < 4.78 is 0. The Morgan fingerprint density at radius 3 is 2.17 bits per heavy atom. The molecule has 74 valence electrons. The Balaban J connectivity index is 3.85. The first-order valence-electron chi connectivity index (χ1n) is 4.90. The van der Waals surface area contributed by atoms with Gasteiger partial charge in [0.05, 0.1) is 0 Å². The summed E-state index contributed by atoms with van der Waals surface area (Å²) >= 11 is 0. The van der Waals surface area contributed by atoms with E-state index >= 15 is 0 Å². The Morgan fingerprint density at radius 2 is 1.83 bits per heavy atom. The van der Waals surface area contributed by atoms with Crippen molar-refractivity contribution in [3.63, 3.8) is 0 Å². The molecule has 2 heteroatoms. The zero-order chi connectivity index (χ0) is 9.78. The van der Waals surface area contributed by atoms with Gasteiger partial charge in [-0.2, -0.15) is 0 Å². The summed E-state index contributed by atoms with van der Waals surface area (Å²) in [6.45, 7) is 10.9. The minimum atomic E-state index is 0.170. The van der Waals surface area contributed by atoms with Crippen LogP contribution in [0.2, 0.25) is 0 Å². The van der Waals surface area contributed by atoms with Gasteiger partial charge in [0.15, 0.2) is 0 Å². The molecule has 0 saturated carbocycles. The van der Waals surface area contributed by atoms with Gasteiger partial charge in [-0.15, -0.1) is 0 Å². The third-order valence-electron chi connectivity index (χ3n) is 2.08. The molecule has 0 aliphatic rings. The molecule has 0 bridgehead atoms. The molecule has 0 spiro atoms. The van der Waals surface area contributed by atoms with E-state index in [1.165, 1.54) is 6.42 Å². The molecule has 0 rings (SSSR count). The summed E-state index contributed by atoms with van der Waals surface area (Å²) in [6.07, 6.45) is 2.19. The van der Waals surface area contributed by atoms with Gasteiger partial charge in [-0.05, 0) is 40.5 Å². The highest BCUT2D eigenvalue weighted by atomic mass is 15.0. The molecule has 2 atom stereocenters. The van der Waals surface area contributed by atoms with Crippen LogP contribution < -0.4 is 11.1 Å². The van der Waals surface area contributed by atoms with Gasteiger partial charge in [-0.25, -0.2) is 0 Å². The fourth-order valence-electron chi connectivity index (χ4n) is 1.63. The van der Waals surface area contributed by atoms with Crippen LogP contribution in [0.15, 0.2) is 0 Å². The summed E-state index contributed by atoms with van der Waals surface area (Å²) in [4.78, 5) is 0. The highest BCUT2D eigenvalue weighted by Gasteiger charge is 2.20. The molecule has 0 saturated heterocycles. The third-order valence-corrected chi connectivity index (χ3v) is 2.08. The van der Waals surface area contributed by atoms with Gasteiger partial charge >= 0.3 is 0 Å². The highest BCUT2D eigenvalue weighted by molar-refractivity contribution is 4.82. The quantitative estimate of drug-likeness (QED) is 0.664. The molecule has 0 fully saturated rings. The maximum absolute atomic E-state index is 5.76. The van der Waals surface area contributed by atoms with Crippen molar-refractivity contribution >= 4 is 0 Å².